The minimum Gasteiger partial charge on any atom is -0.497 e. The number of nitrogens with zero attached hydrogens (tertiary/aromatic N) is 2. The van der Waals surface area contributed by atoms with Crippen molar-refractivity contribution in [1.82, 2.24) is 9.88 Å². The van der Waals surface area contributed by atoms with Gasteiger partial charge in [-0.15, -0.1) is 0 Å². The number of hydrogen-bond donors (Lipinski definition) is 1. The second-order valence-corrected chi connectivity index (χ2v) is 4.94. The van der Waals surface area contributed by atoms with Gasteiger partial charge in [0.2, 0.25) is 0 Å². The van der Waals surface area contributed by atoms with Gasteiger partial charge in [0.15, 0.2) is 0 Å². The quantitative estimate of drug-likeness (QED) is 0.940. The molecule has 1 heterocycles. The lowest BCUT2D eigenvalue weighted by atomic mass is 9.98. The van der Waals surface area contributed by atoms with Crippen LogP contribution in [-0.2, 0) is 0 Å². The van der Waals surface area contributed by atoms with Crippen molar-refractivity contribution in [2.24, 2.45) is 0 Å². The van der Waals surface area contributed by atoms with Gasteiger partial charge >= 0.3 is 0 Å². The molecule has 0 aliphatic rings. The van der Waals surface area contributed by atoms with Gasteiger partial charge in [-0.2, -0.15) is 5.26 Å². The lowest BCUT2D eigenvalue weighted by molar-refractivity contribution is 0.415. The third kappa shape index (κ3) is 3.18. The van der Waals surface area contributed by atoms with Gasteiger partial charge in [-0.3, -0.25) is 4.79 Å². The van der Waals surface area contributed by atoms with Crippen LogP contribution in [-0.4, -0.2) is 31.1 Å². The number of aromatic amines is 1. The molecule has 1 aromatic heterocycles. The van der Waals surface area contributed by atoms with Crippen LogP contribution in [0.2, 0.25) is 0 Å². The molecule has 0 saturated heterocycles. The Hall–Kier alpha value is -3.00. The second kappa shape index (κ2) is 6.64. The summed E-state index contributed by atoms with van der Waals surface area (Å²) in [6.07, 6.45) is 5.19. The maximum atomic E-state index is 11.9. The summed E-state index contributed by atoms with van der Waals surface area (Å²) >= 11 is 0. The minimum atomic E-state index is -0.396. The van der Waals surface area contributed by atoms with E-state index >= 15 is 0 Å². The first-order valence-corrected chi connectivity index (χ1v) is 6.71. The number of hydrogen-bond acceptors (Lipinski definition) is 4. The summed E-state index contributed by atoms with van der Waals surface area (Å²) in [5, 5.41) is 9.29. The van der Waals surface area contributed by atoms with Crippen molar-refractivity contribution in [2.45, 2.75) is 0 Å². The van der Waals surface area contributed by atoms with Crippen LogP contribution in [0.25, 0.3) is 17.2 Å². The Morgan fingerprint density at radius 2 is 2.14 bits per heavy atom. The number of H-pyrrole nitrogens is 1. The lowest BCUT2D eigenvalue weighted by Crippen LogP contribution is -2.12. The van der Waals surface area contributed by atoms with Crippen LogP contribution in [0.15, 0.2) is 41.5 Å². The first-order chi connectivity index (χ1) is 10.6. The second-order valence-electron chi connectivity index (χ2n) is 4.94. The zero-order chi connectivity index (χ0) is 16.1. The van der Waals surface area contributed by atoms with Gasteiger partial charge < -0.3 is 14.6 Å². The predicted octanol–water partition coefficient (Wildman–Crippen LogP) is 2.45. The summed E-state index contributed by atoms with van der Waals surface area (Å²) < 4.78 is 5.23. The third-order valence-electron chi connectivity index (χ3n) is 3.17. The number of benzene rings is 1. The van der Waals surface area contributed by atoms with Crippen molar-refractivity contribution < 1.29 is 4.74 Å². The Balaban J connectivity index is 2.70. The van der Waals surface area contributed by atoms with Crippen molar-refractivity contribution in [1.29, 1.82) is 5.26 Å². The first kappa shape index (κ1) is 15.4. The van der Waals surface area contributed by atoms with E-state index in [0.29, 0.717) is 11.3 Å². The molecule has 0 saturated carbocycles. The van der Waals surface area contributed by atoms with E-state index in [1.807, 2.05) is 49.3 Å². The number of aromatic nitrogens is 1. The summed E-state index contributed by atoms with van der Waals surface area (Å²) in [4.78, 5) is 16.3. The summed E-state index contributed by atoms with van der Waals surface area (Å²) in [6, 6.07) is 9.46. The molecule has 0 fully saturated rings. The Morgan fingerprint density at radius 3 is 2.77 bits per heavy atom. The average molecular weight is 295 g/mol. The molecule has 0 spiro atoms. The molecule has 112 valence electrons. The summed E-state index contributed by atoms with van der Waals surface area (Å²) in [5.41, 5.74) is 1.93. The fraction of sp³-hybridized carbons (Fsp3) is 0.176. The van der Waals surface area contributed by atoms with Crippen LogP contribution in [0.1, 0.15) is 11.1 Å². The highest BCUT2D eigenvalue weighted by atomic mass is 16.5. The Morgan fingerprint density at radius 1 is 1.36 bits per heavy atom. The highest BCUT2D eigenvalue weighted by molar-refractivity contribution is 5.78. The highest BCUT2D eigenvalue weighted by Gasteiger charge is 2.12. The Labute approximate surface area is 129 Å². The molecular weight excluding hydrogens is 278 g/mol. The molecule has 22 heavy (non-hydrogen) atoms. The maximum Gasteiger partial charge on any atom is 0.266 e. The third-order valence-corrected chi connectivity index (χ3v) is 3.17. The highest BCUT2D eigenvalue weighted by Crippen LogP contribution is 2.28. The number of rotatable bonds is 4. The molecule has 0 aliphatic carbocycles. The normalized spacial score (nSPS) is 10.5. The van der Waals surface area contributed by atoms with Crippen LogP contribution < -0.4 is 10.3 Å². The zero-order valence-corrected chi connectivity index (χ0v) is 12.8. The molecule has 0 unspecified atom stereocenters. The van der Waals surface area contributed by atoms with E-state index in [9.17, 15) is 10.1 Å². The van der Waals surface area contributed by atoms with Gasteiger partial charge in [0, 0.05) is 31.4 Å². The zero-order valence-electron chi connectivity index (χ0n) is 12.8. The topological polar surface area (TPSA) is 69.1 Å². The van der Waals surface area contributed by atoms with Crippen LogP contribution >= 0.6 is 0 Å². The molecule has 1 aromatic carbocycles. The molecule has 2 aromatic rings. The molecular formula is C17H17N3O2. The van der Waals surface area contributed by atoms with Gasteiger partial charge in [0.05, 0.1) is 7.11 Å². The van der Waals surface area contributed by atoms with Crippen LogP contribution in [0, 0.1) is 11.3 Å². The lowest BCUT2D eigenvalue weighted by Gasteiger charge is -2.10. The Bertz CT molecular complexity index is 798. The van der Waals surface area contributed by atoms with Crippen molar-refractivity contribution in [3.63, 3.8) is 0 Å². The molecule has 2 rings (SSSR count). The minimum absolute atomic E-state index is 0.0958. The molecule has 0 atom stereocenters. The van der Waals surface area contributed by atoms with E-state index in [1.54, 1.807) is 25.6 Å². The summed E-state index contributed by atoms with van der Waals surface area (Å²) in [7, 11) is 5.35. The number of nitrogens with one attached hydrogen (secondary N) is 1. The van der Waals surface area contributed by atoms with Crippen molar-refractivity contribution >= 4 is 6.08 Å². The smallest absolute Gasteiger partial charge is 0.266 e. The largest absolute Gasteiger partial charge is 0.497 e. The standard InChI is InChI=1S/C17H17N3O2/c1-20(2)8-7-14-15(10-18)17(21)19-11-16(14)12-5-4-6-13(9-12)22-3/h4-9,11H,1-3H3,(H,19,21). The molecule has 5 heteroatoms. The molecule has 0 aliphatic heterocycles. The summed E-state index contributed by atoms with van der Waals surface area (Å²) in [6.45, 7) is 0. The molecule has 1 N–H and O–H groups in total. The van der Waals surface area contributed by atoms with Crippen LogP contribution in [0.3, 0.4) is 0 Å². The van der Waals surface area contributed by atoms with Gasteiger partial charge in [0.1, 0.15) is 17.4 Å². The van der Waals surface area contributed by atoms with E-state index in [0.717, 1.165) is 11.1 Å². The SMILES string of the molecule is COc1cccc(-c2c[nH]c(=O)c(C#N)c2C=CN(C)C)c1. The van der Waals surface area contributed by atoms with Crippen LogP contribution in [0.5, 0.6) is 5.75 Å². The van der Waals surface area contributed by atoms with E-state index in [2.05, 4.69) is 4.98 Å². The Kier molecular flexibility index (Phi) is 4.64. The summed E-state index contributed by atoms with van der Waals surface area (Å²) in [5.74, 6) is 0.713. The fourth-order valence-corrected chi connectivity index (χ4v) is 2.08. The average Bonchev–Trinajstić information content (AvgIpc) is 2.52. The number of methoxy groups -OCH3 is 1. The monoisotopic (exact) mass is 295 g/mol. The molecule has 0 bridgehead atoms. The van der Waals surface area contributed by atoms with Gasteiger partial charge in [-0.05, 0) is 30.0 Å². The fourth-order valence-electron chi connectivity index (χ4n) is 2.08. The van der Waals surface area contributed by atoms with Gasteiger partial charge in [0.25, 0.3) is 5.56 Å². The van der Waals surface area contributed by atoms with Crippen molar-refractivity contribution in [3.8, 4) is 22.9 Å². The molecule has 5 nitrogen and oxygen atoms in total. The molecule has 0 amide bonds. The predicted molar refractivity (Wildman–Crippen MR) is 86.5 cm³/mol. The van der Waals surface area contributed by atoms with Crippen molar-refractivity contribution in [3.05, 3.63) is 58.1 Å². The number of pyridine rings is 1. The van der Waals surface area contributed by atoms with E-state index in [-0.39, 0.29) is 5.56 Å². The number of nitriles is 1. The molecule has 0 radical (unpaired) electrons. The maximum absolute atomic E-state index is 11.9. The van der Waals surface area contributed by atoms with E-state index in [4.69, 9.17) is 4.74 Å². The van der Waals surface area contributed by atoms with Crippen molar-refractivity contribution in [2.75, 3.05) is 21.2 Å². The van der Waals surface area contributed by atoms with Crippen LogP contribution in [0.4, 0.5) is 0 Å². The van der Waals surface area contributed by atoms with E-state index in [1.165, 1.54) is 0 Å². The van der Waals surface area contributed by atoms with E-state index < -0.39 is 5.56 Å². The first-order valence-electron chi connectivity index (χ1n) is 6.71. The number of ether oxygens (including phenoxy) is 1. The van der Waals surface area contributed by atoms with Gasteiger partial charge in [-0.25, -0.2) is 0 Å². The van der Waals surface area contributed by atoms with Gasteiger partial charge in [-0.1, -0.05) is 12.1 Å².